The van der Waals surface area contributed by atoms with Crippen LogP contribution in [0.1, 0.15) is 30.0 Å². The molecule has 3 aromatic heterocycles. The van der Waals surface area contributed by atoms with Crippen molar-refractivity contribution in [3.63, 3.8) is 0 Å². The van der Waals surface area contributed by atoms with Crippen molar-refractivity contribution in [1.29, 1.82) is 0 Å². The Morgan fingerprint density at radius 2 is 2.07 bits per heavy atom. The van der Waals surface area contributed by atoms with E-state index < -0.39 is 0 Å². The Bertz CT molecular complexity index is 1110. The van der Waals surface area contributed by atoms with E-state index in [1.165, 1.54) is 0 Å². The van der Waals surface area contributed by atoms with Crippen molar-refractivity contribution < 1.29 is 4.79 Å². The molecular weight excluding hydrogens is 340 g/mol. The Kier molecular flexibility index (Phi) is 4.50. The summed E-state index contributed by atoms with van der Waals surface area (Å²) in [6, 6.07) is 12.0. The van der Waals surface area contributed by atoms with Gasteiger partial charge in [0.05, 0.1) is 5.52 Å². The molecule has 0 N–H and O–H groups in total. The fourth-order valence-electron chi connectivity index (χ4n) is 3.37. The molecule has 0 spiro atoms. The maximum absolute atomic E-state index is 12.6. The third-order valence-corrected chi connectivity index (χ3v) is 4.68. The number of amides is 1. The summed E-state index contributed by atoms with van der Waals surface area (Å²) < 4.78 is 1.76. The first-order valence-electron chi connectivity index (χ1n) is 8.93. The Morgan fingerprint density at radius 1 is 1.19 bits per heavy atom. The van der Waals surface area contributed by atoms with Crippen LogP contribution in [0.5, 0.6) is 0 Å². The van der Waals surface area contributed by atoms with E-state index in [4.69, 9.17) is 0 Å². The molecule has 0 saturated carbocycles. The van der Waals surface area contributed by atoms with Crippen LogP contribution in [0.15, 0.2) is 48.8 Å². The van der Waals surface area contributed by atoms with Gasteiger partial charge in [-0.25, -0.2) is 0 Å². The van der Waals surface area contributed by atoms with Crippen LogP contribution in [0.25, 0.3) is 16.6 Å². The normalized spacial score (nSPS) is 11.2. The highest BCUT2D eigenvalue weighted by molar-refractivity contribution is 5.86. The average molecular weight is 360 g/mol. The van der Waals surface area contributed by atoms with Gasteiger partial charge in [0, 0.05) is 42.9 Å². The minimum atomic E-state index is 0.0776. The van der Waals surface area contributed by atoms with Crippen molar-refractivity contribution >= 4 is 22.5 Å². The van der Waals surface area contributed by atoms with E-state index in [0.29, 0.717) is 25.2 Å². The zero-order valence-corrected chi connectivity index (χ0v) is 15.3. The van der Waals surface area contributed by atoms with Crippen molar-refractivity contribution in [1.82, 2.24) is 29.9 Å². The zero-order chi connectivity index (χ0) is 18.8. The van der Waals surface area contributed by atoms with Gasteiger partial charge in [-0.3, -0.25) is 9.78 Å². The summed E-state index contributed by atoms with van der Waals surface area (Å²) in [5, 5.41) is 13.3. The van der Waals surface area contributed by atoms with Gasteiger partial charge in [-0.2, -0.15) is 4.52 Å². The van der Waals surface area contributed by atoms with E-state index in [2.05, 4.69) is 26.6 Å². The highest BCUT2D eigenvalue weighted by Crippen LogP contribution is 2.23. The number of benzene rings is 1. The lowest BCUT2D eigenvalue weighted by Gasteiger charge is -2.23. The quantitative estimate of drug-likeness (QED) is 0.547. The van der Waals surface area contributed by atoms with Gasteiger partial charge >= 0.3 is 0 Å². The van der Waals surface area contributed by atoms with Crippen LogP contribution in [0.2, 0.25) is 0 Å². The van der Waals surface area contributed by atoms with E-state index in [9.17, 15) is 4.79 Å². The Balaban J connectivity index is 1.77. The summed E-state index contributed by atoms with van der Waals surface area (Å²) in [4.78, 5) is 18.5. The largest absolute Gasteiger partial charge is 0.334 e. The highest BCUT2D eigenvalue weighted by Gasteiger charge is 2.18. The lowest BCUT2D eigenvalue weighted by molar-refractivity contribution is -0.132. The van der Waals surface area contributed by atoms with Crippen LogP contribution < -0.4 is 0 Å². The number of aromatic nitrogens is 5. The molecule has 0 aliphatic rings. The van der Waals surface area contributed by atoms with E-state index in [-0.39, 0.29) is 5.91 Å². The summed E-state index contributed by atoms with van der Waals surface area (Å²) >= 11 is 0. The number of pyridine rings is 2. The lowest BCUT2D eigenvalue weighted by atomic mass is 10.1. The first kappa shape index (κ1) is 17.1. The van der Waals surface area contributed by atoms with Gasteiger partial charge in [0.25, 0.3) is 0 Å². The Labute approximate surface area is 156 Å². The van der Waals surface area contributed by atoms with Gasteiger partial charge in [0.15, 0.2) is 5.65 Å². The molecular formula is C20H20N6O. The zero-order valence-electron chi connectivity index (χ0n) is 15.3. The third kappa shape index (κ3) is 3.23. The van der Waals surface area contributed by atoms with Crippen LogP contribution in [-0.2, 0) is 17.9 Å². The number of para-hydroxylation sites is 1. The second-order valence-electron chi connectivity index (χ2n) is 6.56. The summed E-state index contributed by atoms with van der Waals surface area (Å²) in [6.45, 7) is 4.85. The van der Waals surface area contributed by atoms with Crippen LogP contribution in [0, 0.1) is 6.92 Å². The minimum Gasteiger partial charge on any atom is -0.334 e. The van der Waals surface area contributed by atoms with Gasteiger partial charge in [-0.05, 0) is 40.6 Å². The molecule has 4 rings (SSSR count). The first-order valence-corrected chi connectivity index (χ1v) is 8.93. The van der Waals surface area contributed by atoms with Crippen molar-refractivity contribution in [2.24, 2.45) is 0 Å². The predicted octanol–water partition coefficient (Wildman–Crippen LogP) is 2.92. The standard InChI is InChI=1S/C20H20N6O/c1-3-18(27)25(12-15-7-5-9-21-11-15)13-17-10-16-8-4-6-14(2)19(16)26-20(17)22-23-24-26/h4-11H,3,12-13H2,1-2H3. The number of hydrogen-bond donors (Lipinski definition) is 0. The first-order chi connectivity index (χ1) is 13.2. The third-order valence-electron chi connectivity index (χ3n) is 4.68. The molecule has 0 radical (unpaired) electrons. The van der Waals surface area contributed by atoms with Crippen LogP contribution in [-0.4, -0.2) is 35.8 Å². The minimum absolute atomic E-state index is 0.0776. The van der Waals surface area contributed by atoms with Crippen LogP contribution >= 0.6 is 0 Å². The van der Waals surface area contributed by atoms with Crippen molar-refractivity contribution in [3.8, 4) is 0 Å². The highest BCUT2D eigenvalue weighted by atomic mass is 16.2. The van der Waals surface area contributed by atoms with E-state index in [1.807, 2.05) is 49.1 Å². The maximum atomic E-state index is 12.6. The topological polar surface area (TPSA) is 76.3 Å². The molecule has 7 nitrogen and oxygen atoms in total. The van der Waals surface area contributed by atoms with E-state index >= 15 is 0 Å². The molecule has 4 aromatic rings. The number of aryl methyl sites for hydroxylation is 1. The molecule has 3 heterocycles. The molecule has 0 unspecified atom stereocenters. The van der Waals surface area contributed by atoms with Crippen LogP contribution in [0.3, 0.4) is 0 Å². The molecule has 0 aliphatic carbocycles. The van der Waals surface area contributed by atoms with E-state index in [1.54, 1.807) is 16.9 Å². The number of hydrogen-bond acceptors (Lipinski definition) is 5. The summed E-state index contributed by atoms with van der Waals surface area (Å²) in [5.74, 6) is 0.0776. The number of fused-ring (bicyclic) bond motifs is 3. The summed E-state index contributed by atoms with van der Waals surface area (Å²) in [6.07, 6.45) is 3.95. The molecule has 27 heavy (non-hydrogen) atoms. The molecule has 1 amide bonds. The summed E-state index contributed by atoms with van der Waals surface area (Å²) in [5.41, 5.74) is 4.68. The van der Waals surface area contributed by atoms with Gasteiger partial charge in [0.2, 0.25) is 5.91 Å². The number of tetrazole rings is 1. The van der Waals surface area contributed by atoms with Crippen LogP contribution in [0.4, 0.5) is 0 Å². The van der Waals surface area contributed by atoms with E-state index in [0.717, 1.165) is 27.6 Å². The van der Waals surface area contributed by atoms with Gasteiger partial charge in [-0.15, -0.1) is 5.10 Å². The molecule has 0 saturated heterocycles. The average Bonchev–Trinajstić information content (AvgIpc) is 3.17. The second kappa shape index (κ2) is 7.11. The fraction of sp³-hybridized carbons (Fsp3) is 0.250. The second-order valence-corrected chi connectivity index (χ2v) is 6.56. The molecule has 1 aromatic carbocycles. The summed E-state index contributed by atoms with van der Waals surface area (Å²) in [7, 11) is 0. The van der Waals surface area contributed by atoms with Gasteiger partial charge in [0.1, 0.15) is 0 Å². The number of carbonyl (C=O) groups is 1. The fourth-order valence-corrected chi connectivity index (χ4v) is 3.37. The molecule has 0 fully saturated rings. The Hall–Kier alpha value is -3.35. The number of carbonyl (C=O) groups excluding carboxylic acids is 1. The smallest absolute Gasteiger partial charge is 0.222 e. The molecule has 136 valence electrons. The Morgan fingerprint density at radius 3 is 2.85 bits per heavy atom. The molecule has 0 aliphatic heterocycles. The molecule has 0 atom stereocenters. The van der Waals surface area contributed by atoms with Crippen molar-refractivity contribution in [2.75, 3.05) is 0 Å². The van der Waals surface area contributed by atoms with Gasteiger partial charge in [-0.1, -0.05) is 31.2 Å². The lowest BCUT2D eigenvalue weighted by Crippen LogP contribution is -2.29. The monoisotopic (exact) mass is 360 g/mol. The maximum Gasteiger partial charge on any atom is 0.222 e. The van der Waals surface area contributed by atoms with Gasteiger partial charge < -0.3 is 4.90 Å². The van der Waals surface area contributed by atoms with Crippen molar-refractivity contribution in [3.05, 3.63) is 65.5 Å². The predicted molar refractivity (Wildman–Crippen MR) is 102 cm³/mol. The number of nitrogens with zero attached hydrogens (tertiary/aromatic N) is 6. The van der Waals surface area contributed by atoms with Crippen molar-refractivity contribution in [2.45, 2.75) is 33.4 Å². The molecule has 0 bridgehead atoms. The molecule has 7 heteroatoms. The SMILES string of the molecule is CCC(=O)N(Cc1cccnc1)Cc1cc2cccc(C)c2n2nnnc12. The number of rotatable bonds is 5.